The Kier molecular flexibility index (Phi) is 4.17. The molecule has 0 saturated heterocycles. The lowest BCUT2D eigenvalue weighted by Gasteiger charge is -2.11. The number of aldehydes is 1. The number of aromatic nitrogens is 2. The van der Waals surface area contributed by atoms with Gasteiger partial charge >= 0.3 is 0 Å². The van der Waals surface area contributed by atoms with Gasteiger partial charge in [-0.25, -0.2) is 4.98 Å². The van der Waals surface area contributed by atoms with Crippen LogP contribution in [0.25, 0.3) is 0 Å². The van der Waals surface area contributed by atoms with Gasteiger partial charge in [0.05, 0.1) is 23.7 Å². The molecule has 0 bridgehead atoms. The van der Waals surface area contributed by atoms with Crippen molar-refractivity contribution in [3.8, 4) is 11.5 Å². The molecule has 0 unspecified atom stereocenters. The molecule has 110 valence electrons. The molecule has 8 heteroatoms. The number of nitro benzene ring substituents is 1. The molecule has 0 fully saturated rings. The van der Waals surface area contributed by atoms with Crippen LogP contribution in [0.3, 0.4) is 0 Å². The maximum absolute atomic E-state index is 11.0. The van der Waals surface area contributed by atoms with E-state index in [4.69, 9.17) is 9.47 Å². The lowest BCUT2D eigenvalue weighted by molar-refractivity contribution is -0.385. The summed E-state index contributed by atoms with van der Waals surface area (Å²) >= 11 is 0. The van der Waals surface area contributed by atoms with Gasteiger partial charge in [-0.05, 0) is 0 Å². The van der Waals surface area contributed by atoms with Gasteiger partial charge in [0.2, 0.25) is 0 Å². The Morgan fingerprint density at radius 3 is 2.71 bits per heavy atom. The summed E-state index contributed by atoms with van der Waals surface area (Å²) in [4.78, 5) is 25.3. The molecule has 1 aromatic carbocycles. The highest BCUT2D eigenvalue weighted by Gasteiger charge is 2.19. The summed E-state index contributed by atoms with van der Waals surface area (Å²) in [7, 11) is 3.20. The quantitative estimate of drug-likeness (QED) is 0.457. The fourth-order valence-electron chi connectivity index (χ4n) is 1.77. The van der Waals surface area contributed by atoms with Crippen LogP contribution in [0.1, 0.15) is 16.2 Å². The molecule has 0 spiro atoms. The fraction of sp³-hybridized carbons (Fsp3) is 0.231. The minimum Gasteiger partial charge on any atom is -0.493 e. The maximum Gasteiger partial charge on any atom is 0.283 e. The monoisotopic (exact) mass is 291 g/mol. The Hall–Kier alpha value is -2.90. The van der Waals surface area contributed by atoms with Crippen LogP contribution in [-0.4, -0.2) is 27.9 Å². The summed E-state index contributed by atoms with van der Waals surface area (Å²) < 4.78 is 12.4. The number of nitro groups is 1. The number of nitrogens with zero attached hydrogens (tertiary/aromatic N) is 3. The highest BCUT2D eigenvalue weighted by molar-refractivity contribution is 5.83. The van der Waals surface area contributed by atoms with Gasteiger partial charge in [0, 0.05) is 25.5 Å². The number of rotatable bonds is 6. The topological polar surface area (TPSA) is 96.5 Å². The Morgan fingerprint density at radius 2 is 2.19 bits per heavy atom. The van der Waals surface area contributed by atoms with Crippen LogP contribution >= 0.6 is 0 Å². The highest BCUT2D eigenvalue weighted by atomic mass is 16.6. The summed E-state index contributed by atoms with van der Waals surface area (Å²) in [6.07, 6.45) is 3.78. The maximum atomic E-state index is 11.0. The SMILES string of the molecule is COc1cc(C=O)c([N+](=O)[O-])cc1OCc1nccn1C. The number of carbonyl (C=O) groups excluding carboxylic acids is 1. The molecular weight excluding hydrogens is 278 g/mol. The van der Waals surface area contributed by atoms with Crippen molar-refractivity contribution in [1.82, 2.24) is 9.55 Å². The average Bonchev–Trinajstić information content (AvgIpc) is 2.89. The predicted molar refractivity (Wildman–Crippen MR) is 72.6 cm³/mol. The van der Waals surface area contributed by atoms with E-state index in [0.717, 1.165) is 0 Å². The van der Waals surface area contributed by atoms with Crippen molar-refractivity contribution in [2.45, 2.75) is 6.61 Å². The third kappa shape index (κ3) is 2.99. The second kappa shape index (κ2) is 6.04. The lowest BCUT2D eigenvalue weighted by Crippen LogP contribution is -2.05. The molecule has 0 saturated carbocycles. The normalized spacial score (nSPS) is 10.2. The second-order valence-electron chi connectivity index (χ2n) is 4.18. The minimum atomic E-state index is -0.642. The summed E-state index contributed by atoms with van der Waals surface area (Å²) in [5.74, 6) is 1.08. The number of methoxy groups -OCH3 is 1. The van der Waals surface area contributed by atoms with Crippen LogP contribution < -0.4 is 9.47 Å². The van der Waals surface area contributed by atoms with Gasteiger partial charge < -0.3 is 14.0 Å². The molecule has 0 atom stereocenters. The molecule has 1 heterocycles. The third-order valence-electron chi connectivity index (χ3n) is 2.91. The number of hydrogen-bond acceptors (Lipinski definition) is 6. The number of carbonyl (C=O) groups is 1. The Labute approximate surface area is 120 Å². The van der Waals surface area contributed by atoms with Gasteiger partial charge in [0.15, 0.2) is 17.8 Å². The second-order valence-corrected chi connectivity index (χ2v) is 4.18. The highest BCUT2D eigenvalue weighted by Crippen LogP contribution is 2.34. The van der Waals surface area contributed by atoms with Gasteiger partial charge in [0.25, 0.3) is 5.69 Å². The predicted octanol–water partition coefficient (Wildman–Crippen LogP) is 1.73. The average molecular weight is 291 g/mol. The number of benzene rings is 1. The van der Waals surface area contributed by atoms with E-state index in [-0.39, 0.29) is 29.4 Å². The third-order valence-corrected chi connectivity index (χ3v) is 2.91. The Morgan fingerprint density at radius 1 is 1.43 bits per heavy atom. The Bertz CT molecular complexity index is 680. The smallest absolute Gasteiger partial charge is 0.283 e. The van der Waals surface area contributed by atoms with Crippen molar-refractivity contribution in [3.63, 3.8) is 0 Å². The van der Waals surface area contributed by atoms with Crippen LogP contribution in [-0.2, 0) is 13.7 Å². The van der Waals surface area contributed by atoms with Crippen LogP contribution in [0, 0.1) is 10.1 Å². The largest absolute Gasteiger partial charge is 0.493 e. The van der Waals surface area contributed by atoms with E-state index in [1.54, 1.807) is 24.0 Å². The number of aryl methyl sites for hydroxylation is 1. The zero-order chi connectivity index (χ0) is 15.4. The van der Waals surface area contributed by atoms with E-state index < -0.39 is 4.92 Å². The van der Waals surface area contributed by atoms with E-state index in [9.17, 15) is 14.9 Å². The molecule has 21 heavy (non-hydrogen) atoms. The van der Waals surface area contributed by atoms with Crippen LogP contribution in [0.5, 0.6) is 11.5 Å². The first-order valence-electron chi connectivity index (χ1n) is 5.97. The Balaban J connectivity index is 2.33. The molecule has 2 aromatic rings. The van der Waals surface area contributed by atoms with Crippen LogP contribution in [0.2, 0.25) is 0 Å². The molecule has 0 N–H and O–H groups in total. The molecule has 0 aliphatic rings. The van der Waals surface area contributed by atoms with Gasteiger partial charge in [-0.1, -0.05) is 0 Å². The van der Waals surface area contributed by atoms with Crippen molar-refractivity contribution in [2.24, 2.45) is 7.05 Å². The van der Waals surface area contributed by atoms with E-state index in [0.29, 0.717) is 12.1 Å². The fourth-order valence-corrected chi connectivity index (χ4v) is 1.77. The van der Waals surface area contributed by atoms with Crippen molar-refractivity contribution < 1.29 is 19.2 Å². The van der Waals surface area contributed by atoms with Crippen molar-refractivity contribution in [3.05, 3.63) is 46.0 Å². The molecule has 0 aliphatic carbocycles. The molecule has 1 aromatic heterocycles. The zero-order valence-corrected chi connectivity index (χ0v) is 11.5. The molecule has 8 nitrogen and oxygen atoms in total. The van der Waals surface area contributed by atoms with Crippen molar-refractivity contribution in [1.29, 1.82) is 0 Å². The van der Waals surface area contributed by atoms with Crippen LogP contribution in [0.4, 0.5) is 5.69 Å². The van der Waals surface area contributed by atoms with E-state index in [1.165, 1.54) is 19.2 Å². The van der Waals surface area contributed by atoms with Gasteiger partial charge in [-0.2, -0.15) is 0 Å². The van der Waals surface area contributed by atoms with E-state index in [2.05, 4.69) is 4.98 Å². The van der Waals surface area contributed by atoms with Crippen LogP contribution in [0.15, 0.2) is 24.5 Å². The number of hydrogen-bond donors (Lipinski definition) is 0. The number of imidazole rings is 1. The summed E-state index contributed by atoms with van der Waals surface area (Å²) in [5.41, 5.74) is -0.401. The zero-order valence-electron chi connectivity index (χ0n) is 11.5. The van der Waals surface area contributed by atoms with E-state index in [1.807, 2.05) is 0 Å². The molecule has 0 radical (unpaired) electrons. The summed E-state index contributed by atoms with van der Waals surface area (Å²) in [5, 5.41) is 11.0. The molecule has 2 rings (SSSR count). The first-order chi connectivity index (χ1) is 10.1. The van der Waals surface area contributed by atoms with E-state index >= 15 is 0 Å². The molecular formula is C13H13N3O5. The standard InChI is InChI=1S/C13H13N3O5/c1-15-4-3-14-13(15)8-21-12-6-10(16(18)19)9(7-17)5-11(12)20-2/h3-7H,8H2,1-2H3. The molecule has 0 aliphatic heterocycles. The van der Waals surface area contributed by atoms with Crippen molar-refractivity contribution >= 4 is 12.0 Å². The number of ether oxygens (including phenoxy) is 2. The lowest BCUT2D eigenvalue weighted by atomic mass is 10.1. The first kappa shape index (κ1) is 14.5. The summed E-state index contributed by atoms with van der Waals surface area (Å²) in [6, 6.07) is 2.45. The summed E-state index contributed by atoms with van der Waals surface area (Å²) in [6.45, 7) is 0.122. The van der Waals surface area contributed by atoms with Gasteiger partial charge in [-0.3, -0.25) is 14.9 Å². The minimum absolute atomic E-state index is 0.0683. The molecule has 0 amide bonds. The van der Waals surface area contributed by atoms with Gasteiger partial charge in [0.1, 0.15) is 12.4 Å². The van der Waals surface area contributed by atoms with Gasteiger partial charge in [-0.15, -0.1) is 0 Å². The first-order valence-corrected chi connectivity index (χ1v) is 5.97. The van der Waals surface area contributed by atoms with Crippen molar-refractivity contribution in [2.75, 3.05) is 7.11 Å².